The van der Waals surface area contributed by atoms with Gasteiger partial charge in [-0.3, -0.25) is 58.0 Å². The standard InChI is InChI=1S/C73H87N15O8.5C2HF3O2/c74-44-53-41-54(70(93)77-33-31-75-66(89)25-23-56-45-85(49-79-56)35-11-9-13-51-27-37-83(38-28-51)47-68(91)87-62-19-5-1-15-58(62)72(95)81-60-17-3-7-21-64(60)87)43-55(42-53)71(94)78-34-32-76-67(90)26-24-57-46-86(50-80-57)36-12-10-14-52-29-39-84(40-30-52)48-69(92)88-63-20-6-2-16-59(63)73(96)82-61-18-4-8-22-65(61)88;5*3-2(4,5)1(6)7/h1-8,15-22,41-43,45-46,49-52H,9-14,23-40,44,47-48,74H2,(H,75,89)(H,76,90)(H,77,93)(H,78,94)(H,81,95)(H,82,96);5*(H,6,7). The van der Waals surface area contributed by atoms with Gasteiger partial charge in [0.05, 0.1) is 82.4 Å². The molecule has 4 aliphatic rings. The maximum absolute atomic E-state index is 13.9. The van der Waals surface area contributed by atoms with Gasteiger partial charge in [0.25, 0.3) is 23.6 Å². The number of rotatable bonds is 29. The number of halogens is 15. The monoisotopic (exact) mass is 1870 g/mol. The molecule has 6 heterocycles. The zero-order valence-corrected chi connectivity index (χ0v) is 69.4. The second-order valence-electron chi connectivity index (χ2n) is 29.4. The Hall–Kier alpha value is -13.5. The number of hydrogen-bond acceptors (Lipinski definition) is 18. The number of unbranched alkanes of at least 4 members (excludes halogenated alkanes) is 2. The number of aryl methyl sites for hydroxylation is 4. The zero-order valence-electron chi connectivity index (χ0n) is 69.4. The molecule has 2 saturated heterocycles. The van der Waals surface area contributed by atoms with Gasteiger partial charge < -0.3 is 72.3 Å². The normalized spacial score (nSPS) is 14.0. The van der Waals surface area contributed by atoms with E-state index in [1.807, 2.05) is 110 Å². The summed E-state index contributed by atoms with van der Waals surface area (Å²) in [5.41, 5.74) is 13.4. The number of benzene rings is 5. The number of nitrogens with two attached hydrogens (primary N) is 1. The largest absolute Gasteiger partial charge is 0.490 e. The van der Waals surface area contributed by atoms with Crippen molar-refractivity contribution in [3.8, 4) is 0 Å². The first-order valence-corrected chi connectivity index (χ1v) is 40.1. The molecule has 0 bridgehead atoms. The van der Waals surface area contributed by atoms with Crippen LogP contribution in [0.5, 0.6) is 0 Å². The number of amides is 8. The van der Waals surface area contributed by atoms with Gasteiger partial charge in [0.2, 0.25) is 23.6 Å². The molecule has 11 rings (SSSR count). The topological polar surface area (TPSA) is 470 Å². The molecule has 0 unspecified atom stereocenters. The third-order valence-electron chi connectivity index (χ3n) is 19.8. The Kier molecular flexibility index (Phi) is 40.4. The molecular formula is C83H92F15N15O18. The van der Waals surface area contributed by atoms with Gasteiger partial charge in [0, 0.05) is 82.2 Å². The molecule has 0 saturated carbocycles. The van der Waals surface area contributed by atoms with Crippen LogP contribution in [0.4, 0.5) is 100.0 Å². The molecule has 0 aliphatic carbocycles. The Morgan fingerprint density at radius 1 is 0.412 bits per heavy atom. The van der Waals surface area contributed by atoms with Crippen molar-refractivity contribution in [1.82, 2.24) is 50.2 Å². The third-order valence-corrected chi connectivity index (χ3v) is 19.8. The molecule has 0 spiro atoms. The molecule has 13 N–H and O–H groups in total. The van der Waals surface area contributed by atoms with E-state index in [9.17, 15) is 104 Å². The Morgan fingerprint density at radius 3 is 1.02 bits per heavy atom. The summed E-state index contributed by atoms with van der Waals surface area (Å²) in [4.78, 5) is 167. The summed E-state index contributed by atoms with van der Waals surface area (Å²) < 4.78 is 163. The van der Waals surface area contributed by atoms with Gasteiger partial charge in [0.1, 0.15) is 0 Å². The van der Waals surface area contributed by atoms with E-state index < -0.39 is 72.5 Å². The van der Waals surface area contributed by atoms with Crippen molar-refractivity contribution in [3.63, 3.8) is 0 Å². The van der Waals surface area contributed by atoms with E-state index in [2.05, 4.69) is 60.8 Å². The van der Waals surface area contributed by atoms with Crippen LogP contribution in [0.2, 0.25) is 0 Å². The molecule has 5 aromatic carbocycles. The number of alkyl halides is 15. The molecule has 8 amide bonds. The molecule has 0 atom stereocenters. The van der Waals surface area contributed by atoms with Crippen molar-refractivity contribution in [3.05, 3.63) is 180 Å². The quantitative estimate of drug-likeness (QED) is 0.0153. The van der Waals surface area contributed by atoms with Crippen molar-refractivity contribution in [2.75, 3.05) is 85.9 Å². The van der Waals surface area contributed by atoms with Crippen LogP contribution in [-0.4, -0.2) is 228 Å². The minimum absolute atomic E-state index is 0.0615. The third kappa shape index (κ3) is 35.8. The van der Waals surface area contributed by atoms with Crippen LogP contribution >= 0.6 is 0 Å². The van der Waals surface area contributed by atoms with Gasteiger partial charge in [-0.25, -0.2) is 33.9 Å². The van der Waals surface area contributed by atoms with Crippen LogP contribution in [-0.2, 0) is 75.6 Å². The lowest BCUT2D eigenvalue weighted by atomic mass is 9.91. The zero-order chi connectivity index (χ0) is 97.1. The molecule has 4 aliphatic heterocycles. The minimum Gasteiger partial charge on any atom is -0.475 e. The summed E-state index contributed by atoms with van der Waals surface area (Å²) in [5.74, 6) is -14.3. The smallest absolute Gasteiger partial charge is 0.475 e. The number of nitrogens with one attached hydrogen (secondary N) is 6. The fraction of sp³-hybridized carbons (Fsp3) is 0.410. The van der Waals surface area contributed by atoms with E-state index in [0.717, 1.165) is 115 Å². The number of para-hydroxylation sites is 6. The number of hydrogen-bond donors (Lipinski definition) is 12. The number of carboxylic acids is 5. The number of carbonyl (C=O) groups is 13. The van der Waals surface area contributed by atoms with E-state index in [-0.39, 0.29) is 105 Å². The highest BCUT2D eigenvalue weighted by atomic mass is 19.4. The molecule has 712 valence electrons. The average molecular weight is 1870 g/mol. The van der Waals surface area contributed by atoms with Crippen LogP contribution in [0.15, 0.2) is 140 Å². The molecule has 2 fully saturated rings. The van der Waals surface area contributed by atoms with Gasteiger partial charge in [-0.2, -0.15) is 65.9 Å². The van der Waals surface area contributed by atoms with Gasteiger partial charge in [-0.15, -0.1) is 0 Å². The van der Waals surface area contributed by atoms with E-state index in [1.54, 1.807) is 34.1 Å². The maximum Gasteiger partial charge on any atom is 0.490 e. The van der Waals surface area contributed by atoms with Gasteiger partial charge in [0.15, 0.2) is 0 Å². The summed E-state index contributed by atoms with van der Waals surface area (Å²) in [6, 6.07) is 34.1. The molecule has 131 heavy (non-hydrogen) atoms. The SMILES string of the molecule is NCc1cc(C(=O)NCCNC(=O)CCc2cn(CCCCC3CCN(CC(=O)N4c5ccccc5NC(=O)c5ccccc54)CC3)cn2)cc(C(=O)NCCNC(=O)CCc2cn(CCCCC3CCN(CC(=O)N4c5ccccc5NC(=O)c5ccccc54)CC3)cn2)c1.O=C(O)C(F)(F)F.O=C(O)C(F)(F)F.O=C(O)C(F)(F)F.O=C(O)C(F)(F)F.O=C(O)C(F)(F)F. The predicted molar refractivity (Wildman–Crippen MR) is 437 cm³/mol. The van der Waals surface area contributed by atoms with E-state index in [1.165, 1.54) is 6.07 Å². The summed E-state index contributed by atoms with van der Waals surface area (Å²) in [6.45, 7) is 6.48. The van der Waals surface area contributed by atoms with Crippen molar-refractivity contribution in [2.24, 2.45) is 17.6 Å². The number of imidazole rings is 2. The second-order valence-corrected chi connectivity index (χ2v) is 29.4. The molecule has 7 aromatic rings. The first-order chi connectivity index (χ1) is 61.5. The number of nitrogens with zero attached hydrogens (tertiary/aromatic N) is 8. The van der Waals surface area contributed by atoms with Crippen LogP contribution in [0.1, 0.15) is 135 Å². The first kappa shape index (κ1) is 106. The molecular weight excluding hydrogens is 1780 g/mol. The van der Waals surface area contributed by atoms with Crippen molar-refractivity contribution >= 4 is 111 Å². The lowest BCUT2D eigenvalue weighted by Crippen LogP contribution is -2.42. The highest BCUT2D eigenvalue weighted by Gasteiger charge is 2.42. The van der Waals surface area contributed by atoms with Gasteiger partial charge in [-0.1, -0.05) is 74.2 Å². The Labute approximate surface area is 735 Å². The van der Waals surface area contributed by atoms with Crippen LogP contribution < -0.4 is 47.4 Å². The van der Waals surface area contributed by atoms with Crippen molar-refractivity contribution in [1.29, 1.82) is 0 Å². The number of aliphatic carboxylic acids is 5. The molecule has 33 nitrogen and oxygen atoms in total. The highest BCUT2D eigenvalue weighted by Crippen LogP contribution is 2.40. The van der Waals surface area contributed by atoms with Crippen LogP contribution in [0, 0.1) is 11.8 Å². The lowest BCUT2D eigenvalue weighted by Gasteiger charge is -2.33. The fourth-order valence-electron chi connectivity index (χ4n) is 13.3. The number of carboxylic acid groups (broad SMARTS) is 5. The number of piperidine rings is 2. The summed E-state index contributed by atoms with van der Waals surface area (Å²) in [5, 5.41) is 52.9. The van der Waals surface area contributed by atoms with E-state index >= 15 is 0 Å². The second kappa shape index (κ2) is 49.9. The Balaban J connectivity index is 0.000000635. The molecule has 2 aromatic heterocycles. The average Bonchev–Trinajstić information content (AvgIpc) is 1.64. The Morgan fingerprint density at radius 2 is 0.710 bits per heavy atom. The first-order valence-electron chi connectivity index (χ1n) is 40.1. The lowest BCUT2D eigenvalue weighted by molar-refractivity contribution is -0.193. The number of anilines is 6. The van der Waals surface area contributed by atoms with Gasteiger partial charge >= 0.3 is 60.7 Å². The minimum atomic E-state index is -5.08. The van der Waals surface area contributed by atoms with Crippen LogP contribution in [0.25, 0.3) is 0 Å². The summed E-state index contributed by atoms with van der Waals surface area (Å²) >= 11 is 0. The highest BCUT2D eigenvalue weighted by molar-refractivity contribution is 6.19. The predicted octanol–water partition coefficient (Wildman–Crippen LogP) is 11.3. The van der Waals surface area contributed by atoms with Crippen molar-refractivity contribution in [2.45, 2.75) is 140 Å². The number of likely N-dealkylation sites (tertiary alicyclic amines) is 2. The molecule has 0 radical (unpaired) electrons. The summed E-state index contributed by atoms with van der Waals surface area (Å²) in [7, 11) is 0. The maximum atomic E-state index is 13.9. The number of carbonyl (C=O) groups excluding carboxylic acids is 8. The van der Waals surface area contributed by atoms with E-state index in [0.29, 0.717) is 75.5 Å². The van der Waals surface area contributed by atoms with Gasteiger partial charge in [-0.05, 0) is 162 Å². The van der Waals surface area contributed by atoms with Crippen molar-refractivity contribution < 1.29 is 154 Å². The fourth-order valence-corrected chi connectivity index (χ4v) is 13.3. The Bertz CT molecular complexity index is 4700. The van der Waals surface area contributed by atoms with E-state index in [4.69, 9.17) is 55.2 Å². The van der Waals surface area contributed by atoms with Crippen LogP contribution in [0.3, 0.4) is 0 Å². The summed E-state index contributed by atoms with van der Waals surface area (Å²) in [6.07, 6.45) is -5.85. The number of fused-ring (bicyclic) bond motifs is 4. The number of aromatic nitrogens is 4. The molecule has 48 heteroatoms.